The molecule has 0 spiro atoms. The molecule has 0 heterocycles. The fraction of sp³-hybridized carbons (Fsp3) is 0.368. The smallest absolute Gasteiger partial charge is 0.115 e. The van der Waals surface area contributed by atoms with E-state index in [-0.39, 0.29) is 6.61 Å². The Morgan fingerprint density at radius 3 is 2.38 bits per heavy atom. The highest BCUT2D eigenvalue weighted by Crippen LogP contribution is 2.37. The van der Waals surface area contributed by atoms with Gasteiger partial charge in [0.05, 0.1) is 6.61 Å². The monoisotopic (exact) mass is 411 g/mol. The molecule has 0 bridgehead atoms. The summed E-state index contributed by atoms with van der Waals surface area (Å²) in [7, 11) is 4.03. The summed E-state index contributed by atoms with van der Waals surface area (Å²) in [6, 6.07) is 12.9. The largest absolute Gasteiger partial charge is 0.392 e. The Kier molecular flexibility index (Phi) is 6.84. The highest BCUT2D eigenvalue weighted by atomic mass is 79.9. The Morgan fingerprint density at radius 1 is 1.12 bits per heavy atom. The summed E-state index contributed by atoms with van der Waals surface area (Å²) in [5, 5.41) is 22.0. The van der Waals surface area contributed by atoms with Gasteiger partial charge in [-0.05, 0) is 74.4 Å². The van der Waals surface area contributed by atoms with Crippen molar-refractivity contribution in [1.29, 1.82) is 0 Å². The van der Waals surface area contributed by atoms with E-state index in [1.165, 1.54) is 0 Å². The molecule has 0 radical (unpaired) electrons. The molecule has 1 unspecified atom stereocenters. The summed E-state index contributed by atoms with van der Waals surface area (Å²) >= 11 is 9.42. The molecule has 0 saturated heterocycles. The zero-order valence-electron chi connectivity index (χ0n) is 14.0. The molecule has 2 N–H and O–H groups in total. The number of aliphatic hydroxyl groups excluding tert-OH is 1. The molecule has 5 heteroatoms. The fourth-order valence-electron chi connectivity index (χ4n) is 2.91. The van der Waals surface area contributed by atoms with E-state index in [0.29, 0.717) is 17.0 Å². The van der Waals surface area contributed by atoms with Crippen molar-refractivity contribution in [2.24, 2.45) is 0 Å². The fourth-order valence-corrected chi connectivity index (χ4v) is 3.44. The van der Waals surface area contributed by atoms with Crippen LogP contribution in [0.1, 0.15) is 29.5 Å². The minimum atomic E-state index is -1.17. The summed E-state index contributed by atoms with van der Waals surface area (Å²) in [4.78, 5) is 2.09. The van der Waals surface area contributed by atoms with Crippen molar-refractivity contribution < 1.29 is 10.2 Å². The number of nitrogens with zero attached hydrogens (tertiary/aromatic N) is 1. The van der Waals surface area contributed by atoms with E-state index in [1.54, 1.807) is 12.1 Å². The molecule has 0 aliphatic carbocycles. The molecule has 1 atom stereocenters. The Hall–Kier alpha value is -0.910. The van der Waals surface area contributed by atoms with Gasteiger partial charge in [-0.3, -0.25) is 0 Å². The summed E-state index contributed by atoms with van der Waals surface area (Å²) in [5.74, 6) is 0. The number of hydrogen-bond donors (Lipinski definition) is 2. The topological polar surface area (TPSA) is 43.7 Å². The van der Waals surface area contributed by atoms with Crippen LogP contribution in [0.3, 0.4) is 0 Å². The number of halogens is 2. The number of benzene rings is 2. The van der Waals surface area contributed by atoms with Gasteiger partial charge in [-0.2, -0.15) is 0 Å². The second-order valence-electron chi connectivity index (χ2n) is 6.23. The zero-order valence-corrected chi connectivity index (χ0v) is 16.3. The molecule has 0 aromatic heterocycles. The first-order valence-electron chi connectivity index (χ1n) is 7.89. The van der Waals surface area contributed by atoms with Crippen LogP contribution >= 0.6 is 27.5 Å². The first kappa shape index (κ1) is 19.4. The Bertz CT molecular complexity index is 676. The molecule has 0 aliphatic rings. The predicted molar refractivity (Wildman–Crippen MR) is 102 cm³/mol. The van der Waals surface area contributed by atoms with Crippen LogP contribution in [0.25, 0.3) is 0 Å². The maximum atomic E-state index is 11.6. The molecule has 0 fully saturated rings. The van der Waals surface area contributed by atoms with Crippen molar-refractivity contribution in [3.8, 4) is 0 Å². The van der Waals surface area contributed by atoms with Crippen LogP contribution in [0, 0.1) is 0 Å². The zero-order chi connectivity index (χ0) is 17.7. The Balaban J connectivity index is 2.47. The SMILES string of the molecule is CN(C)CCCC(O)(c1ccc(Cl)cc1)c1ccc(Br)cc1CO. The Morgan fingerprint density at radius 2 is 1.79 bits per heavy atom. The van der Waals surface area contributed by atoms with Crippen molar-refractivity contribution in [3.63, 3.8) is 0 Å². The van der Waals surface area contributed by atoms with Crippen LogP contribution in [0.5, 0.6) is 0 Å². The molecular formula is C19H23BrClNO2. The first-order valence-corrected chi connectivity index (χ1v) is 9.07. The van der Waals surface area contributed by atoms with Crippen molar-refractivity contribution in [2.45, 2.75) is 25.0 Å². The summed E-state index contributed by atoms with van der Waals surface area (Å²) < 4.78 is 0.877. The van der Waals surface area contributed by atoms with E-state index >= 15 is 0 Å². The molecular weight excluding hydrogens is 390 g/mol. The number of rotatable bonds is 7. The van der Waals surface area contributed by atoms with Crippen LogP contribution in [0.2, 0.25) is 5.02 Å². The molecule has 0 aliphatic heterocycles. The maximum Gasteiger partial charge on any atom is 0.115 e. The van der Waals surface area contributed by atoms with Crippen molar-refractivity contribution in [3.05, 3.63) is 68.7 Å². The lowest BCUT2D eigenvalue weighted by atomic mass is 9.80. The van der Waals surface area contributed by atoms with Crippen LogP contribution in [0.4, 0.5) is 0 Å². The lowest BCUT2D eigenvalue weighted by molar-refractivity contribution is 0.0641. The van der Waals surface area contributed by atoms with Gasteiger partial charge in [-0.1, -0.05) is 45.7 Å². The highest BCUT2D eigenvalue weighted by Gasteiger charge is 2.33. The molecule has 2 aromatic carbocycles. The van der Waals surface area contributed by atoms with E-state index in [2.05, 4.69) is 20.8 Å². The molecule has 0 amide bonds. The molecule has 24 heavy (non-hydrogen) atoms. The van der Waals surface area contributed by atoms with Gasteiger partial charge in [-0.25, -0.2) is 0 Å². The van der Waals surface area contributed by atoms with Gasteiger partial charge >= 0.3 is 0 Å². The van der Waals surface area contributed by atoms with E-state index in [1.807, 2.05) is 44.4 Å². The Labute approximate surface area is 157 Å². The summed E-state index contributed by atoms with van der Waals surface area (Å²) in [6.07, 6.45) is 1.38. The number of hydrogen-bond acceptors (Lipinski definition) is 3. The highest BCUT2D eigenvalue weighted by molar-refractivity contribution is 9.10. The van der Waals surface area contributed by atoms with E-state index in [0.717, 1.165) is 28.6 Å². The van der Waals surface area contributed by atoms with Crippen molar-refractivity contribution in [2.75, 3.05) is 20.6 Å². The minimum absolute atomic E-state index is 0.127. The average Bonchev–Trinajstić information content (AvgIpc) is 2.54. The van der Waals surface area contributed by atoms with Gasteiger partial charge in [-0.15, -0.1) is 0 Å². The third kappa shape index (κ3) is 4.58. The molecule has 130 valence electrons. The summed E-state index contributed by atoms with van der Waals surface area (Å²) in [5.41, 5.74) is 1.06. The first-order chi connectivity index (χ1) is 11.4. The van der Waals surface area contributed by atoms with Crippen LogP contribution in [-0.4, -0.2) is 35.8 Å². The van der Waals surface area contributed by atoms with Crippen molar-refractivity contribution in [1.82, 2.24) is 4.90 Å². The average molecular weight is 413 g/mol. The lowest BCUT2D eigenvalue weighted by Gasteiger charge is -2.32. The molecule has 2 rings (SSSR count). The quantitative estimate of drug-likeness (QED) is 0.717. The van der Waals surface area contributed by atoms with E-state index in [4.69, 9.17) is 11.6 Å². The second kappa shape index (κ2) is 8.45. The third-order valence-corrected chi connectivity index (χ3v) is 4.89. The molecule has 3 nitrogen and oxygen atoms in total. The van der Waals surface area contributed by atoms with Gasteiger partial charge in [0.2, 0.25) is 0 Å². The van der Waals surface area contributed by atoms with E-state index in [9.17, 15) is 10.2 Å². The number of aliphatic hydroxyl groups is 2. The molecule has 0 saturated carbocycles. The predicted octanol–water partition coefficient (Wildman–Crippen LogP) is 4.17. The van der Waals surface area contributed by atoms with Gasteiger partial charge in [0.25, 0.3) is 0 Å². The van der Waals surface area contributed by atoms with Crippen LogP contribution < -0.4 is 0 Å². The maximum absolute atomic E-state index is 11.6. The normalized spacial score (nSPS) is 14.0. The lowest BCUT2D eigenvalue weighted by Crippen LogP contribution is -2.30. The van der Waals surface area contributed by atoms with Crippen LogP contribution in [-0.2, 0) is 12.2 Å². The standard InChI is InChI=1S/C19H23BrClNO2/c1-22(2)11-3-10-19(24,15-4-7-17(21)8-5-15)18-9-6-16(20)12-14(18)13-23/h4-9,12,23-24H,3,10-11,13H2,1-2H3. The van der Waals surface area contributed by atoms with Crippen molar-refractivity contribution >= 4 is 27.5 Å². The van der Waals surface area contributed by atoms with Gasteiger partial charge < -0.3 is 15.1 Å². The van der Waals surface area contributed by atoms with Gasteiger partial charge in [0.1, 0.15) is 5.60 Å². The third-order valence-electron chi connectivity index (χ3n) is 4.15. The van der Waals surface area contributed by atoms with Crippen LogP contribution in [0.15, 0.2) is 46.9 Å². The van der Waals surface area contributed by atoms with E-state index < -0.39 is 5.60 Å². The summed E-state index contributed by atoms with van der Waals surface area (Å²) in [6.45, 7) is 0.749. The molecule has 2 aromatic rings. The van der Waals surface area contributed by atoms with Gasteiger partial charge in [0, 0.05) is 9.50 Å². The minimum Gasteiger partial charge on any atom is -0.392 e. The van der Waals surface area contributed by atoms with Gasteiger partial charge in [0.15, 0.2) is 0 Å². The second-order valence-corrected chi connectivity index (χ2v) is 7.59.